The van der Waals surface area contributed by atoms with Crippen LogP contribution >= 0.6 is 0 Å². The first-order valence-electron chi connectivity index (χ1n) is 13.7. The van der Waals surface area contributed by atoms with Gasteiger partial charge in [-0.05, 0) is 52.2 Å². The van der Waals surface area contributed by atoms with Crippen LogP contribution in [0.4, 0.5) is 11.8 Å². The molecule has 2 aliphatic heterocycles. The fourth-order valence-electron chi connectivity index (χ4n) is 5.62. The van der Waals surface area contributed by atoms with Crippen LogP contribution < -0.4 is 10.2 Å². The Balaban J connectivity index is 1.19. The number of amides is 1. The van der Waals surface area contributed by atoms with Crippen LogP contribution in [0, 0.1) is 13.8 Å². The zero-order chi connectivity index (χ0) is 26.6. The van der Waals surface area contributed by atoms with Crippen LogP contribution in [0.3, 0.4) is 0 Å². The molecule has 0 spiro atoms. The number of anilines is 2. The largest absolute Gasteiger partial charge is 0.402 e. The molecule has 10 heteroatoms. The lowest BCUT2D eigenvalue weighted by molar-refractivity contribution is 0.0490. The molecule has 0 unspecified atom stereocenters. The van der Waals surface area contributed by atoms with E-state index in [1.807, 2.05) is 49.9 Å². The standard InChI is InChI=1S/C28H38N8O2/c1-5-22-18-35(25-20(4)31-24(17-30-25)26-32-33-28(38-26)29-6-2)15-16-36(22)23-11-13-34(14-12-23)27(37)21-9-7-19(3)8-10-21/h7-10,17,22-23H,5-6,11-16,18H2,1-4H3,(H,29,33)/t22-/m0/s1. The molecule has 0 saturated carbocycles. The molecule has 38 heavy (non-hydrogen) atoms. The molecule has 2 aliphatic rings. The van der Waals surface area contributed by atoms with Crippen molar-refractivity contribution in [2.24, 2.45) is 0 Å². The number of carbonyl (C=O) groups excluding carboxylic acids is 1. The summed E-state index contributed by atoms with van der Waals surface area (Å²) >= 11 is 0. The quantitative estimate of drug-likeness (QED) is 0.500. The third kappa shape index (κ3) is 5.50. The number of hydrogen-bond donors (Lipinski definition) is 1. The lowest BCUT2D eigenvalue weighted by Gasteiger charge is -2.47. The highest BCUT2D eigenvalue weighted by atomic mass is 16.4. The van der Waals surface area contributed by atoms with E-state index < -0.39 is 0 Å². The van der Waals surface area contributed by atoms with Gasteiger partial charge in [0.1, 0.15) is 11.5 Å². The molecular formula is C28H38N8O2. The van der Waals surface area contributed by atoms with Gasteiger partial charge in [0.05, 0.1) is 11.9 Å². The first-order chi connectivity index (χ1) is 18.5. The number of aromatic nitrogens is 4. The zero-order valence-corrected chi connectivity index (χ0v) is 22.9. The normalized spacial score (nSPS) is 19.1. The van der Waals surface area contributed by atoms with Gasteiger partial charge >= 0.3 is 6.01 Å². The van der Waals surface area contributed by atoms with Crippen molar-refractivity contribution in [1.29, 1.82) is 0 Å². The van der Waals surface area contributed by atoms with Gasteiger partial charge in [-0.25, -0.2) is 9.97 Å². The summed E-state index contributed by atoms with van der Waals surface area (Å²) < 4.78 is 5.64. The van der Waals surface area contributed by atoms with E-state index in [4.69, 9.17) is 14.4 Å². The molecule has 2 saturated heterocycles. The van der Waals surface area contributed by atoms with Crippen LogP contribution in [0.5, 0.6) is 0 Å². The van der Waals surface area contributed by atoms with Gasteiger partial charge in [0, 0.05) is 56.9 Å². The van der Waals surface area contributed by atoms with E-state index in [0.29, 0.717) is 36.2 Å². The second-order valence-electron chi connectivity index (χ2n) is 10.2. The van der Waals surface area contributed by atoms with E-state index in [-0.39, 0.29) is 5.91 Å². The number of piperidine rings is 1. The van der Waals surface area contributed by atoms with E-state index in [2.05, 4.69) is 32.2 Å². The number of nitrogens with one attached hydrogen (secondary N) is 1. The van der Waals surface area contributed by atoms with Crippen LogP contribution in [0.1, 0.15) is 54.7 Å². The number of likely N-dealkylation sites (tertiary alicyclic amines) is 1. The van der Waals surface area contributed by atoms with Crippen molar-refractivity contribution in [3.63, 3.8) is 0 Å². The summed E-state index contributed by atoms with van der Waals surface area (Å²) in [5.74, 6) is 1.43. The lowest BCUT2D eigenvalue weighted by atomic mass is 9.97. The van der Waals surface area contributed by atoms with Gasteiger partial charge in [-0.1, -0.05) is 29.7 Å². The molecule has 0 aliphatic carbocycles. The predicted octanol–water partition coefficient (Wildman–Crippen LogP) is 3.78. The van der Waals surface area contributed by atoms with Gasteiger partial charge in [-0.2, -0.15) is 0 Å². The Morgan fingerprint density at radius 3 is 2.50 bits per heavy atom. The van der Waals surface area contributed by atoms with Gasteiger partial charge in [0.2, 0.25) is 0 Å². The van der Waals surface area contributed by atoms with E-state index in [1.54, 1.807) is 6.20 Å². The molecule has 0 bridgehead atoms. The Hall–Kier alpha value is -3.53. The molecule has 10 nitrogen and oxygen atoms in total. The maximum Gasteiger partial charge on any atom is 0.315 e. The van der Waals surface area contributed by atoms with Crippen LogP contribution in [-0.4, -0.2) is 87.2 Å². The SMILES string of the molecule is CCNc1nnc(-c2cnc(N3CCN(C4CCN(C(=O)c5ccc(C)cc5)CC4)[C@@H](CC)C3)c(C)n2)o1. The molecule has 2 aromatic heterocycles. The number of aryl methyl sites for hydroxylation is 2. The molecule has 4 heterocycles. The summed E-state index contributed by atoms with van der Waals surface area (Å²) in [7, 11) is 0. The minimum atomic E-state index is 0.149. The average molecular weight is 519 g/mol. The van der Waals surface area contributed by atoms with Crippen molar-refractivity contribution in [3.05, 3.63) is 47.3 Å². The first kappa shape index (κ1) is 26.1. The molecule has 1 aromatic carbocycles. The topological polar surface area (TPSA) is 104 Å². The molecule has 0 radical (unpaired) electrons. The Labute approximate surface area is 224 Å². The van der Waals surface area contributed by atoms with Crippen LogP contribution in [0.2, 0.25) is 0 Å². The van der Waals surface area contributed by atoms with Gasteiger partial charge in [-0.3, -0.25) is 9.69 Å². The second-order valence-corrected chi connectivity index (χ2v) is 10.2. The van der Waals surface area contributed by atoms with E-state index >= 15 is 0 Å². The maximum atomic E-state index is 13.0. The molecule has 202 valence electrons. The van der Waals surface area contributed by atoms with Gasteiger partial charge in [0.15, 0.2) is 0 Å². The van der Waals surface area contributed by atoms with Crippen molar-refractivity contribution in [3.8, 4) is 11.6 Å². The summed E-state index contributed by atoms with van der Waals surface area (Å²) in [6.07, 6.45) is 4.82. The minimum absolute atomic E-state index is 0.149. The zero-order valence-electron chi connectivity index (χ0n) is 22.9. The number of nitrogens with zero attached hydrogens (tertiary/aromatic N) is 7. The highest BCUT2D eigenvalue weighted by molar-refractivity contribution is 5.94. The molecule has 5 rings (SSSR count). The Kier molecular flexibility index (Phi) is 7.87. The fourth-order valence-corrected chi connectivity index (χ4v) is 5.62. The summed E-state index contributed by atoms with van der Waals surface area (Å²) in [6.45, 7) is 13.4. The molecule has 3 aromatic rings. The fraction of sp³-hybridized carbons (Fsp3) is 0.536. The summed E-state index contributed by atoms with van der Waals surface area (Å²) in [4.78, 5) is 29.5. The minimum Gasteiger partial charge on any atom is -0.402 e. The highest BCUT2D eigenvalue weighted by Gasteiger charge is 2.35. The second kappa shape index (κ2) is 11.5. The Morgan fingerprint density at radius 2 is 1.82 bits per heavy atom. The van der Waals surface area contributed by atoms with E-state index in [1.165, 1.54) is 5.56 Å². The van der Waals surface area contributed by atoms with Crippen molar-refractivity contribution in [2.75, 3.05) is 49.5 Å². The number of hydrogen-bond acceptors (Lipinski definition) is 9. The number of piperazine rings is 1. The molecule has 2 fully saturated rings. The van der Waals surface area contributed by atoms with Crippen molar-refractivity contribution in [1.82, 2.24) is 30.0 Å². The van der Waals surface area contributed by atoms with Gasteiger partial charge in [-0.15, -0.1) is 5.10 Å². The summed E-state index contributed by atoms with van der Waals surface area (Å²) in [5, 5.41) is 11.1. The number of rotatable bonds is 7. The third-order valence-corrected chi connectivity index (χ3v) is 7.71. The van der Waals surface area contributed by atoms with Crippen molar-refractivity contribution in [2.45, 2.75) is 59.0 Å². The summed E-state index contributed by atoms with van der Waals surface area (Å²) in [6, 6.07) is 9.23. The highest BCUT2D eigenvalue weighted by Crippen LogP contribution is 2.28. The van der Waals surface area contributed by atoms with E-state index in [9.17, 15) is 4.79 Å². The Morgan fingerprint density at radius 1 is 1.05 bits per heavy atom. The lowest BCUT2D eigenvalue weighted by Crippen LogP contribution is -2.58. The monoisotopic (exact) mass is 518 g/mol. The molecular weight excluding hydrogens is 480 g/mol. The predicted molar refractivity (Wildman–Crippen MR) is 147 cm³/mol. The van der Waals surface area contributed by atoms with Gasteiger partial charge in [0.25, 0.3) is 11.8 Å². The van der Waals surface area contributed by atoms with Crippen LogP contribution in [0.25, 0.3) is 11.6 Å². The van der Waals surface area contributed by atoms with Gasteiger partial charge < -0.3 is 19.5 Å². The maximum absolute atomic E-state index is 13.0. The number of carbonyl (C=O) groups is 1. The third-order valence-electron chi connectivity index (χ3n) is 7.71. The average Bonchev–Trinajstić information content (AvgIpc) is 3.42. The molecule has 1 atom stereocenters. The van der Waals surface area contributed by atoms with Crippen LogP contribution in [-0.2, 0) is 0 Å². The van der Waals surface area contributed by atoms with Crippen LogP contribution in [0.15, 0.2) is 34.9 Å². The number of benzene rings is 1. The summed E-state index contributed by atoms with van der Waals surface area (Å²) in [5.41, 5.74) is 3.40. The first-order valence-corrected chi connectivity index (χ1v) is 13.7. The Bertz CT molecular complexity index is 1240. The molecule has 1 N–H and O–H groups in total. The van der Waals surface area contributed by atoms with E-state index in [0.717, 1.165) is 69.1 Å². The molecule has 1 amide bonds. The van der Waals surface area contributed by atoms with Crippen molar-refractivity contribution < 1.29 is 9.21 Å². The smallest absolute Gasteiger partial charge is 0.315 e. The van der Waals surface area contributed by atoms with Crippen molar-refractivity contribution >= 4 is 17.7 Å².